The molecule has 3 atom stereocenters. The molecule has 1 aromatic carbocycles. The normalized spacial score (nSPS) is 27.4. The van der Waals surface area contributed by atoms with Gasteiger partial charge in [-0.3, -0.25) is 4.79 Å². The van der Waals surface area contributed by atoms with Crippen molar-refractivity contribution in [2.24, 2.45) is 17.6 Å². The van der Waals surface area contributed by atoms with E-state index >= 15 is 0 Å². The summed E-state index contributed by atoms with van der Waals surface area (Å²) in [4.78, 5) is 14.8. The van der Waals surface area contributed by atoms with Gasteiger partial charge in [0.2, 0.25) is 0 Å². The summed E-state index contributed by atoms with van der Waals surface area (Å²) in [6.07, 6.45) is 2.30. The molecule has 1 saturated heterocycles. The number of aryl methyl sites for hydroxylation is 1. The number of carbonyl (C=O) groups is 1. The molecule has 2 fully saturated rings. The highest BCUT2D eigenvalue weighted by Gasteiger charge is 2.42. The van der Waals surface area contributed by atoms with Crippen molar-refractivity contribution in [3.8, 4) is 0 Å². The highest BCUT2D eigenvalue weighted by atomic mass is 127. The minimum Gasteiger partial charge on any atom is -0.338 e. The first-order valence-electron chi connectivity index (χ1n) is 7.29. The van der Waals surface area contributed by atoms with Crippen LogP contribution < -0.4 is 5.73 Å². The van der Waals surface area contributed by atoms with Crippen LogP contribution in [-0.2, 0) is 0 Å². The first-order valence-corrected chi connectivity index (χ1v) is 8.37. The van der Waals surface area contributed by atoms with Crippen LogP contribution in [0.4, 0.5) is 0 Å². The van der Waals surface area contributed by atoms with Gasteiger partial charge in [-0.1, -0.05) is 0 Å². The molecule has 1 amide bonds. The van der Waals surface area contributed by atoms with Crippen LogP contribution in [0.2, 0.25) is 0 Å². The van der Waals surface area contributed by atoms with Crippen LogP contribution in [0.15, 0.2) is 12.1 Å². The molecule has 0 bridgehead atoms. The Morgan fingerprint density at radius 2 is 2.00 bits per heavy atom. The number of nitrogens with two attached hydrogens (primary N) is 1. The molecule has 1 aliphatic heterocycles. The van der Waals surface area contributed by atoms with Crippen LogP contribution in [0.25, 0.3) is 0 Å². The summed E-state index contributed by atoms with van der Waals surface area (Å²) < 4.78 is 1.13. The quantitative estimate of drug-likeness (QED) is 0.710. The lowest BCUT2D eigenvalue weighted by Gasteiger charge is -2.20. The fourth-order valence-electron chi connectivity index (χ4n) is 3.68. The molecule has 1 aromatic rings. The summed E-state index contributed by atoms with van der Waals surface area (Å²) in [5.74, 6) is 1.33. The number of benzene rings is 1. The van der Waals surface area contributed by atoms with Gasteiger partial charge in [-0.15, -0.1) is 12.4 Å². The van der Waals surface area contributed by atoms with Gasteiger partial charge >= 0.3 is 0 Å². The summed E-state index contributed by atoms with van der Waals surface area (Å²) >= 11 is 2.28. The monoisotopic (exact) mass is 420 g/mol. The molecule has 2 aliphatic rings. The van der Waals surface area contributed by atoms with E-state index in [0.29, 0.717) is 11.8 Å². The van der Waals surface area contributed by atoms with Gasteiger partial charge in [-0.05, 0) is 84.4 Å². The Hall–Kier alpha value is -0.330. The Kier molecular flexibility index (Phi) is 5.21. The second-order valence-corrected chi connectivity index (χ2v) is 7.52. The summed E-state index contributed by atoms with van der Waals surface area (Å²) in [5.41, 5.74) is 9.32. The number of rotatable bonds is 1. The summed E-state index contributed by atoms with van der Waals surface area (Å²) in [6.45, 7) is 5.85. The maximum Gasteiger partial charge on any atom is 0.254 e. The fourth-order valence-corrected chi connectivity index (χ4v) is 4.46. The molecule has 3 unspecified atom stereocenters. The first-order chi connectivity index (χ1) is 9.47. The number of halogens is 2. The van der Waals surface area contributed by atoms with E-state index < -0.39 is 0 Å². The highest BCUT2D eigenvalue weighted by Crippen LogP contribution is 2.37. The molecule has 5 heteroatoms. The number of carbonyl (C=O) groups excluding carboxylic acids is 1. The van der Waals surface area contributed by atoms with Crippen molar-refractivity contribution in [1.82, 2.24) is 4.90 Å². The minimum absolute atomic E-state index is 0. The topological polar surface area (TPSA) is 46.3 Å². The standard InChI is InChI=1S/C16H21IN2O.ClH/c1-9-5-12(17)6-13(10(9)2)16(20)19-7-11-3-4-15(18)14(11)8-19;/h5-6,11,14-15H,3-4,7-8,18H2,1-2H3;1H. The van der Waals surface area contributed by atoms with Gasteiger partial charge in [0.25, 0.3) is 5.91 Å². The number of likely N-dealkylation sites (tertiary alicyclic amines) is 1. The number of hydrogen-bond acceptors (Lipinski definition) is 2. The number of amides is 1. The Morgan fingerprint density at radius 1 is 1.29 bits per heavy atom. The third-order valence-corrected chi connectivity index (χ3v) is 5.68. The van der Waals surface area contributed by atoms with Crippen molar-refractivity contribution in [1.29, 1.82) is 0 Å². The van der Waals surface area contributed by atoms with Gasteiger partial charge in [0.05, 0.1) is 0 Å². The molecule has 1 heterocycles. The Morgan fingerprint density at radius 3 is 2.67 bits per heavy atom. The molecule has 3 rings (SSSR count). The van der Waals surface area contributed by atoms with Gasteiger partial charge in [0, 0.05) is 28.3 Å². The predicted molar refractivity (Wildman–Crippen MR) is 96.0 cm³/mol. The summed E-state index contributed by atoms with van der Waals surface area (Å²) in [5, 5.41) is 0. The van der Waals surface area contributed by atoms with Gasteiger partial charge in [0.15, 0.2) is 0 Å². The van der Waals surface area contributed by atoms with Crippen LogP contribution in [0.5, 0.6) is 0 Å². The van der Waals surface area contributed by atoms with Gasteiger partial charge in [-0.25, -0.2) is 0 Å². The van der Waals surface area contributed by atoms with Crippen molar-refractivity contribution in [3.05, 3.63) is 32.4 Å². The van der Waals surface area contributed by atoms with Crippen LogP contribution in [0.1, 0.15) is 34.3 Å². The van der Waals surface area contributed by atoms with Crippen molar-refractivity contribution >= 4 is 40.9 Å². The van der Waals surface area contributed by atoms with Gasteiger partial charge in [0.1, 0.15) is 0 Å². The van der Waals surface area contributed by atoms with E-state index in [4.69, 9.17) is 5.73 Å². The van der Waals surface area contributed by atoms with Crippen LogP contribution in [0.3, 0.4) is 0 Å². The lowest BCUT2D eigenvalue weighted by molar-refractivity contribution is 0.0778. The number of nitrogens with zero attached hydrogens (tertiary/aromatic N) is 1. The molecule has 3 nitrogen and oxygen atoms in total. The molecule has 2 N–H and O–H groups in total. The lowest BCUT2D eigenvalue weighted by Crippen LogP contribution is -2.33. The fraction of sp³-hybridized carbons (Fsp3) is 0.562. The molecule has 0 aromatic heterocycles. The molecular formula is C16H22ClIN2O. The highest BCUT2D eigenvalue weighted by molar-refractivity contribution is 14.1. The molecule has 116 valence electrons. The average Bonchev–Trinajstić information content (AvgIpc) is 2.96. The van der Waals surface area contributed by atoms with Crippen molar-refractivity contribution < 1.29 is 4.79 Å². The predicted octanol–water partition coefficient (Wildman–Crippen LogP) is 3.14. The van der Waals surface area contributed by atoms with E-state index in [9.17, 15) is 4.79 Å². The van der Waals surface area contributed by atoms with E-state index in [1.54, 1.807) is 0 Å². The first kappa shape index (κ1) is 17.0. The lowest BCUT2D eigenvalue weighted by atomic mass is 9.98. The van der Waals surface area contributed by atoms with E-state index in [1.807, 2.05) is 17.9 Å². The smallest absolute Gasteiger partial charge is 0.254 e. The zero-order chi connectivity index (χ0) is 14.4. The Bertz CT molecular complexity index is 563. The van der Waals surface area contributed by atoms with Crippen LogP contribution in [0, 0.1) is 29.3 Å². The third kappa shape index (κ3) is 3.08. The maximum atomic E-state index is 12.8. The van der Waals surface area contributed by atoms with Crippen molar-refractivity contribution in [2.75, 3.05) is 13.1 Å². The zero-order valence-electron chi connectivity index (χ0n) is 12.4. The average molecular weight is 421 g/mol. The molecule has 21 heavy (non-hydrogen) atoms. The van der Waals surface area contributed by atoms with Crippen LogP contribution >= 0.6 is 35.0 Å². The van der Waals surface area contributed by atoms with Crippen molar-refractivity contribution in [2.45, 2.75) is 32.7 Å². The molecule has 1 aliphatic carbocycles. The second kappa shape index (κ2) is 6.42. The number of hydrogen-bond donors (Lipinski definition) is 1. The third-order valence-electron chi connectivity index (χ3n) is 5.06. The van der Waals surface area contributed by atoms with E-state index in [1.165, 1.54) is 12.0 Å². The molecule has 0 spiro atoms. The maximum absolute atomic E-state index is 12.8. The summed E-state index contributed by atoms with van der Waals surface area (Å²) in [6, 6.07) is 4.43. The number of fused-ring (bicyclic) bond motifs is 1. The van der Waals surface area contributed by atoms with Gasteiger partial charge < -0.3 is 10.6 Å². The molecular weight excluding hydrogens is 399 g/mol. The zero-order valence-corrected chi connectivity index (χ0v) is 15.4. The summed E-state index contributed by atoms with van der Waals surface area (Å²) in [7, 11) is 0. The Labute approximate surface area is 146 Å². The van der Waals surface area contributed by atoms with Crippen molar-refractivity contribution in [3.63, 3.8) is 0 Å². The molecule has 1 saturated carbocycles. The largest absolute Gasteiger partial charge is 0.338 e. The van der Waals surface area contributed by atoms with E-state index in [0.717, 1.165) is 34.2 Å². The Balaban J connectivity index is 0.00000161. The van der Waals surface area contributed by atoms with Gasteiger partial charge in [-0.2, -0.15) is 0 Å². The second-order valence-electron chi connectivity index (χ2n) is 6.27. The molecule has 0 radical (unpaired) electrons. The van der Waals surface area contributed by atoms with Crippen LogP contribution in [-0.4, -0.2) is 29.9 Å². The minimum atomic E-state index is 0. The SMILES string of the molecule is Cc1cc(I)cc(C(=O)N2CC3CCC(N)C3C2)c1C.Cl. The van der Waals surface area contributed by atoms with E-state index in [2.05, 4.69) is 35.6 Å². The van der Waals surface area contributed by atoms with E-state index in [-0.39, 0.29) is 24.4 Å².